The van der Waals surface area contributed by atoms with E-state index in [9.17, 15) is 4.79 Å². The van der Waals surface area contributed by atoms with Crippen LogP contribution < -0.4 is 0 Å². The summed E-state index contributed by atoms with van der Waals surface area (Å²) < 4.78 is 16.1. The SMILES string of the molecule is CCCCCCCCOCCOCCCC(=O)OCCC(C)C. The smallest absolute Gasteiger partial charge is 0.305 e. The van der Waals surface area contributed by atoms with Crippen LogP contribution in [0.5, 0.6) is 0 Å². The Morgan fingerprint density at radius 1 is 0.783 bits per heavy atom. The largest absolute Gasteiger partial charge is 0.466 e. The van der Waals surface area contributed by atoms with E-state index in [1.54, 1.807) is 0 Å². The third kappa shape index (κ3) is 19.3. The van der Waals surface area contributed by atoms with Gasteiger partial charge in [0.25, 0.3) is 0 Å². The highest BCUT2D eigenvalue weighted by Crippen LogP contribution is 2.05. The van der Waals surface area contributed by atoms with Gasteiger partial charge in [-0.1, -0.05) is 52.9 Å². The summed E-state index contributed by atoms with van der Waals surface area (Å²) in [6, 6.07) is 0. The molecular weight excluding hydrogens is 292 g/mol. The van der Waals surface area contributed by atoms with E-state index in [0.29, 0.717) is 38.8 Å². The summed E-state index contributed by atoms with van der Waals surface area (Å²) in [6.45, 7) is 9.69. The van der Waals surface area contributed by atoms with E-state index in [1.807, 2.05) is 0 Å². The molecule has 0 radical (unpaired) electrons. The van der Waals surface area contributed by atoms with E-state index in [-0.39, 0.29) is 5.97 Å². The molecule has 0 saturated heterocycles. The van der Waals surface area contributed by atoms with Gasteiger partial charge in [0.1, 0.15) is 0 Å². The number of ether oxygens (including phenoxy) is 3. The van der Waals surface area contributed by atoms with E-state index in [1.165, 1.54) is 32.1 Å². The molecule has 0 N–H and O–H groups in total. The summed E-state index contributed by atoms with van der Waals surface area (Å²) in [5, 5.41) is 0. The topological polar surface area (TPSA) is 44.8 Å². The van der Waals surface area contributed by atoms with Crippen LogP contribution in [0.3, 0.4) is 0 Å². The molecular formula is C19H38O4. The molecule has 0 fully saturated rings. The van der Waals surface area contributed by atoms with E-state index in [4.69, 9.17) is 14.2 Å². The Morgan fingerprint density at radius 2 is 1.39 bits per heavy atom. The molecule has 0 aliphatic carbocycles. The minimum absolute atomic E-state index is 0.117. The minimum Gasteiger partial charge on any atom is -0.466 e. The molecule has 0 aliphatic heterocycles. The van der Waals surface area contributed by atoms with Crippen molar-refractivity contribution in [3.05, 3.63) is 0 Å². The van der Waals surface area contributed by atoms with Crippen LogP contribution in [0.4, 0.5) is 0 Å². The number of rotatable bonds is 17. The Labute approximate surface area is 143 Å². The van der Waals surface area contributed by atoms with Crippen molar-refractivity contribution >= 4 is 5.97 Å². The maximum atomic E-state index is 11.4. The molecule has 0 aromatic heterocycles. The first kappa shape index (κ1) is 22.4. The number of hydrogen-bond acceptors (Lipinski definition) is 4. The van der Waals surface area contributed by atoms with Gasteiger partial charge in [-0.2, -0.15) is 0 Å². The molecule has 0 unspecified atom stereocenters. The number of carbonyl (C=O) groups is 1. The van der Waals surface area contributed by atoms with Gasteiger partial charge in [0.05, 0.1) is 19.8 Å². The lowest BCUT2D eigenvalue weighted by molar-refractivity contribution is -0.144. The highest BCUT2D eigenvalue weighted by atomic mass is 16.5. The highest BCUT2D eigenvalue weighted by Gasteiger charge is 2.03. The Morgan fingerprint density at radius 3 is 2.04 bits per heavy atom. The average Bonchev–Trinajstić information content (AvgIpc) is 2.51. The van der Waals surface area contributed by atoms with Gasteiger partial charge in [-0.05, 0) is 25.2 Å². The van der Waals surface area contributed by atoms with Gasteiger partial charge in [0.2, 0.25) is 0 Å². The van der Waals surface area contributed by atoms with Gasteiger partial charge in [-0.3, -0.25) is 4.79 Å². The number of esters is 1. The van der Waals surface area contributed by atoms with Crippen LogP contribution in [0.15, 0.2) is 0 Å². The molecule has 0 aromatic carbocycles. The number of hydrogen-bond donors (Lipinski definition) is 0. The maximum absolute atomic E-state index is 11.4. The third-order valence-electron chi connectivity index (χ3n) is 3.64. The average molecular weight is 331 g/mol. The second-order valence-corrected chi connectivity index (χ2v) is 6.50. The van der Waals surface area contributed by atoms with Crippen molar-refractivity contribution in [3.8, 4) is 0 Å². The molecule has 0 bridgehead atoms. The molecule has 0 rings (SSSR count). The fraction of sp³-hybridized carbons (Fsp3) is 0.947. The predicted molar refractivity (Wildman–Crippen MR) is 94.7 cm³/mol. The van der Waals surface area contributed by atoms with Gasteiger partial charge in [-0.25, -0.2) is 0 Å². The van der Waals surface area contributed by atoms with Crippen LogP contribution in [0.1, 0.15) is 78.6 Å². The molecule has 0 aromatic rings. The van der Waals surface area contributed by atoms with Gasteiger partial charge >= 0.3 is 5.97 Å². The van der Waals surface area contributed by atoms with Gasteiger partial charge < -0.3 is 14.2 Å². The van der Waals surface area contributed by atoms with Crippen LogP contribution in [0.25, 0.3) is 0 Å². The van der Waals surface area contributed by atoms with Gasteiger partial charge in [-0.15, -0.1) is 0 Å². The third-order valence-corrected chi connectivity index (χ3v) is 3.64. The summed E-state index contributed by atoms with van der Waals surface area (Å²) >= 11 is 0. The quantitative estimate of drug-likeness (QED) is 0.285. The van der Waals surface area contributed by atoms with E-state index >= 15 is 0 Å². The van der Waals surface area contributed by atoms with Crippen molar-refractivity contribution in [2.75, 3.05) is 33.0 Å². The first-order valence-electron chi connectivity index (χ1n) is 9.48. The van der Waals surface area contributed by atoms with Crippen molar-refractivity contribution in [1.29, 1.82) is 0 Å². The fourth-order valence-corrected chi connectivity index (χ4v) is 2.11. The molecule has 0 saturated carbocycles. The lowest BCUT2D eigenvalue weighted by Gasteiger charge is -2.07. The summed E-state index contributed by atoms with van der Waals surface area (Å²) in [7, 11) is 0. The lowest BCUT2D eigenvalue weighted by atomic mass is 10.1. The summed E-state index contributed by atoms with van der Waals surface area (Å²) in [6.07, 6.45) is 9.81. The fourth-order valence-electron chi connectivity index (χ4n) is 2.11. The Hall–Kier alpha value is -0.610. The molecule has 4 nitrogen and oxygen atoms in total. The standard InChI is InChI=1S/C19H38O4/c1-4-5-6-7-8-9-13-21-16-17-22-14-10-11-19(20)23-15-12-18(2)3/h18H,4-17H2,1-3H3. The second-order valence-electron chi connectivity index (χ2n) is 6.50. The van der Waals surface area contributed by atoms with Crippen LogP contribution in [0.2, 0.25) is 0 Å². The first-order valence-corrected chi connectivity index (χ1v) is 9.48. The highest BCUT2D eigenvalue weighted by molar-refractivity contribution is 5.69. The monoisotopic (exact) mass is 330 g/mol. The molecule has 0 atom stereocenters. The Kier molecular flexibility index (Phi) is 17.3. The van der Waals surface area contributed by atoms with Crippen LogP contribution in [0, 0.1) is 5.92 Å². The first-order chi connectivity index (χ1) is 11.2. The molecule has 23 heavy (non-hydrogen) atoms. The van der Waals surface area contributed by atoms with Crippen molar-refractivity contribution in [2.45, 2.75) is 78.6 Å². The van der Waals surface area contributed by atoms with E-state index in [2.05, 4.69) is 20.8 Å². The maximum Gasteiger partial charge on any atom is 0.305 e. The summed E-state index contributed by atoms with van der Waals surface area (Å²) in [5.74, 6) is 0.455. The zero-order valence-electron chi connectivity index (χ0n) is 15.6. The predicted octanol–water partition coefficient (Wildman–Crippen LogP) is 4.75. The number of carbonyl (C=O) groups excluding carboxylic acids is 1. The molecule has 0 amide bonds. The molecule has 0 aliphatic rings. The molecule has 138 valence electrons. The number of unbranched alkanes of at least 4 members (excludes halogenated alkanes) is 5. The van der Waals surface area contributed by atoms with E-state index < -0.39 is 0 Å². The van der Waals surface area contributed by atoms with E-state index in [0.717, 1.165) is 25.9 Å². The zero-order chi connectivity index (χ0) is 17.2. The molecule has 0 spiro atoms. The zero-order valence-corrected chi connectivity index (χ0v) is 15.6. The van der Waals surface area contributed by atoms with Crippen LogP contribution in [-0.4, -0.2) is 39.0 Å². The van der Waals surface area contributed by atoms with Crippen LogP contribution >= 0.6 is 0 Å². The second kappa shape index (κ2) is 17.7. The van der Waals surface area contributed by atoms with Crippen molar-refractivity contribution < 1.29 is 19.0 Å². The van der Waals surface area contributed by atoms with Crippen molar-refractivity contribution in [1.82, 2.24) is 0 Å². The van der Waals surface area contributed by atoms with Crippen molar-refractivity contribution in [3.63, 3.8) is 0 Å². The lowest BCUT2D eigenvalue weighted by Crippen LogP contribution is -2.10. The summed E-state index contributed by atoms with van der Waals surface area (Å²) in [5.41, 5.74) is 0. The molecule has 0 heterocycles. The molecule has 4 heteroatoms. The van der Waals surface area contributed by atoms with Gasteiger partial charge in [0, 0.05) is 19.6 Å². The Balaban J connectivity index is 3.11. The van der Waals surface area contributed by atoms with Crippen molar-refractivity contribution in [2.24, 2.45) is 5.92 Å². The summed E-state index contributed by atoms with van der Waals surface area (Å²) in [4.78, 5) is 11.4. The van der Waals surface area contributed by atoms with Gasteiger partial charge in [0.15, 0.2) is 0 Å². The van der Waals surface area contributed by atoms with Crippen LogP contribution in [-0.2, 0) is 19.0 Å². The Bertz CT molecular complexity index is 254. The minimum atomic E-state index is -0.117. The normalized spacial score (nSPS) is 11.1.